The third-order valence-corrected chi connectivity index (χ3v) is 1.65. The van der Waals surface area contributed by atoms with Gasteiger partial charge in [0.25, 0.3) is 13.1 Å². The molecule has 0 aromatic rings. The van der Waals surface area contributed by atoms with Gasteiger partial charge in [0.15, 0.2) is 0 Å². The molecule has 0 amide bonds. The second-order valence-corrected chi connectivity index (χ2v) is 2.36. The molecule has 0 radical (unpaired) electrons. The summed E-state index contributed by atoms with van der Waals surface area (Å²) < 4.78 is 5.18. The van der Waals surface area contributed by atoms with Gasteiger partial charge in [-0.15, -0.1) is 0 Å². The van der Waals surface area contributed by atoms with E-state index in [4.69, 9.17) is 11.3 Å². The minimum atomic E-state index is 0.736. The maximum atomic E-state index is 5.18. The molecule has 0 aromatic carbocycles. The van der Waals surface area contributed by atoms with E-state index >= 15 is 0 Å². The van der Waals surface area contributed by atoms with Crippen molar-refractivity contribution in [1.29, 1.82) is 0 Å². The summed E-state index contributed by atoms with van der Waals surface area (Å²) in [7, 11) is 0. The number of morpholine rings is 1. The van der Waals surface area contributed by atoms with Crippen LogP contribution in [-0.4, -0.2) is 44.3 Å². The number of ether oxygens (including phenoxy) is 1. The lowest BCUT2D eigenvalue weighted by Crippen LogP contribution is -2.37. The van der Waals surface area contributed by atoms with E-state index in [2.05, 4.69) is 9.74 Å². The molecule has 1 saturated heterocycles. The Morgan fingerprint density at radius 3 is 2.70 bits per heavy atom. The van der Waals surface area contributed by atoms with Gasteiger partial charge in [0.1, 0.15) is 0 Å². The predicted octanol–water partition coefficient (Wildman–Crippen LogP) is 0.281. The molecular formula is C7H13N2O+. The molecule has 1 rings (SSSR count). The molecule has 1 fully saturated rings. The summed E-state index contributed by atoms with van der Waals surface area (Å²) in [5.41, 5.74) is 0. The average Bonchev–Trinajstić information content (AvgIpc) is 2.03. The SMILES string of the molecule is C#[N+]CCN1CCOCC1. The summed E-state index contributed by atoms with van der Waals surface area (Å²) >= 11 is 0. The zero-order valence-electron chi connectivity index (χ0n) is 6.12. The van der Waals surface area contributed by atoms with Gasteiger partial charge in [-0.3, -0.25) is 4.90 Å². The zero-order valence-corrected chi connectivity index (χ0v) is 6.12. The molecule has 1 aliphatic heterocycles. The lowest BCUT2D eigenvalue weighted by Gasteiger charge is -2.23. The largest absolute Gasteiger partial charge is 0.379 e. The molecule has 0 aliphatic carbocycles. The summed E-state index contributed by atoms with van der Waals surface area (Å²) in [6.45, 7) is 10.5. The third kappa shape index (κ3) is 2.34. The Kier molecular flexibility index (Phi) is 3.20. The third-order valence-electron chi connectivity index (χ3n) is 1.65. The molecule has 1 heterocycles. The fourth-order valence-electron chi connectivity index (χ4n) is 1.02. The first-order valence-electron chi connectivity index (χ1n) is 3.60. The Balaban J connectivity index is 2.09. The molecule has 0 saturated carbocycles. The van der Waals surface area contributed by atoms with Crippen molar-refractivity contribution in [3.05, 3.63) is 4.85 Å². The topological polar surface area (TPSA) is 16.8 Å². The molecule has 3 nitrogen and oxygen atoms in total. The van der Waals surface area contributed by atoms with Crippen molar-refractivity contribution < 1.29 is 4.74 Å². The van der Waals surface area contributed by atoms with E-state index in [1.807, 2.05) is 0 Å². The molecule has 0 unspecified atom stereocenters. The van der Waals surface area contributed by atoms with Crippen LogP contribution in [0.1, 0.15) is 0 Å². The van der Waals surface area contributed by atoms with Crippen molar-refractivity contribution in [2.24, 2.45) is 0 Å². The van der Waals surface area contributed by atoms with E-state index in [1.54, 1.807) is 0 Å². The first-order chi connectivity index (χ1) is 4.93. The maximum Gasteiger partial charge on any atom is 0.275 e. The van der Waals surface area contributed by atoms with Crippen molar-refractivity contribution in [2.45, 2.75) is 0 Å². The number of nitrogens with zero attached hydrogens (tertiary/aromatic N) is 2. The Labute approximate surface area is 61.4 Å². The zero-order chi connectivity index (χ0) is 7.23. The maximum absolute atomic E-state index is 5.18. The highest BCUT2D eigenvalue weighted by Crippen LogP contribution is 1.94. The number of rotatable bonds is 2. The molecule has 56 valence electrons. The van der Waals surface area contributed by atoms with Crippen molar-refractivity contribution in [3.8, 4) is 6.57 Å². The standard InChI is InChI=1S/C7H13N2O/c1-8-2-3-9-4-6-10-7-5-9/h1H,2-7H2/q+1. The van der Waals surface area contributed by atoms with Gasteiger partial charge in [-0.1, -0.05) is 4.85 Å². The van der Waals surface area contributed by atoms with Crippen molar-refractivity contribution in [2.75, 3.05) is 39.4 Å². The first-order valence-corrected chi connectivity index (χ1v) is 3.60. The van der Waals surface area contributed by atoms with Crippen molar-refractivity contribution >= 4 is 0 Å². The Morgan fingerprint density at radius 1 is 1.40 bits per heavy atom. The van der Waals surface area contributed by atoms with Gasteiger partial charge in [0.05, 0.1) is 19.8 Å². The Hall–Kier alpha value is -0.590. The van der Waals surface area contributed by atoms with Gasteiger partial charge in [0.2, 0.25) is 0 Å². The molecule has 1 aliphatic rings. The van der Waals surface area contributed by atoms with Crippen LogP contribution in [0.4, 0.5) is 0 Å². The highest BCUT2D eigenvalue weighted by Gasteiger charge is 2.10. The van der Waals surface area contributed by atoms with E-state index in [-0.39, 0.29) is 0 Å². The highest BCUT2D eigenvalue weighted by atomic mass is 16.5. The molecule has 0 N–H and O–H groups in total. The van der Waals surface area contributed by atoms with E-state index in [0.29, 0.717) is 0 Å². The molecule has 0 spiro atoms. The fourth-order valence-corrected chi connectivity index (χ4v) is 1.02. The fraction of sp³-hybridized carbons (Fsp3) is 0.857. The van der Waals surface area contributed by atoms with Crippen LogP contribution in [-0.2, 0) is 4.74 Å². The van der Waals surface area contributed by atoms with Crippen LogP contribution in [0.15, 0.2) is 0 Å². The first kappa shape index (κ1) is 7.52. The van der Waals surface area contributed by atoms with Crippen LogP contribution in [0.25, 0.3) is 4.85 Å². The van der Waals surface area contributed by atoms with Crippen molar-refractivity contribution in [3.63, 3.8) is 0 Å². The van der Waals surface area contributed by atoms with Crippen LogP contribution in [0.3, 0.4) is 0 Å². The monoisotopic (exact) mass is 141 g/mol. The lowest BCUT2D eigenvalue weighted by atomic mass is 10.4. The molecule has 0 atom stereocenters. The second-order valence-electron chi connectivity index (χ2n) is 2.36. The highest BCUT2D eigenvalue weighted by molar-refractivity contribution is 4.71. The summed E-state index contributed by atoms with van der Waals surface area (Å²) in [6.07, 6.45) is 0. The van der Waals surface area contributed by atoms with Crippen molar-refractivity contribution in [1.82, 2.24) is 4.90 Å². The summed E-state index contributed by atoms with van der Waals surface area (Å²) in [6, 6.07) is 0. The van der Waals surface area contributed by atoms with E-state index in [9.17, 15) is 0 Å². The van der Waals surface area contributed by atoms with E-state index < -0.39 is 0 Å². The van der Waals surface area contributed by atoms with Crippen LogP contribution in [0.5, 0.6) is 0 Å². The minimum Gasteiger partial charge on any atom is -0.379 e. The van der Waals surface area contributed by atoms with Gasteiger partial charge in [0, 0.05) is 13.1 Å². The van der Waals surface area contributed by atoms with Crippen LogP contribution in [0, 0.1) is 6.57 Å². The van der Waals surface area contributed by atoms with Gasteiger partial charge in [-0.2, -0.15) is 0 Å². The predicted molar refractivity (Wildman–Crippen MR) is 40.4 cm³/mol. The number of hydrogen-bond donors (Lipinski definition) is 0. The summed E-state index contributed by atoms with van der Waals surface area (Å²) in [5, 5.41) is 0. The Bertz CT molecular complexity index is 124. The second kappa shape index (κ2) is 4.26. The average molecular weight is 141 g/mol. The quantitative estimate of drug-likeness (QED) is 0.549. The van der Waals surface area contributed by atoms with Gasteiger partial charge < -0.3 is 4.74 Å². The summed E-state index contributed by atoms with van der Waals surface area (Å²) in [4.78, 5) is 5.85. The van der Waals surface area contributed by atoms with Crippen LogP contribution < -0.4 is 0 Å². The lowest BCUT2D eigenvalue weighted by molar-refractivity contribution is 0.0402. The Morgan fingerprint density at radius 2 is 2.10 bits per heavy atom. The van der Waals surface area contributed by atoms with E-state index in [0.717, 1.165) is 39.4 Å². The molecule has 0 aromatic heterocycles. The molecule has 0 bridgehead atoms. The molecular weight excluding hydrogens is 128 g/mol. The van der Waals surface area contributed by atoms with Gasteiger partial charge in [-0.05, 0) is 0 Å². The smallest absolute Gasteiger partial charge is 0.275 e. The molecule has 10 heavy (non-hydrogen) atoms. The van der Waals surface area contributed by atoms with Gasteiger partial charge in [-0.25, -0.2) is 0 Å². The molecule has 3 heteroatoms. The normalized spacial score (nSPS) is 20.3. The van der Waals surface area contributed by atoms with Gasteiger partial charge >= 0.3 is 0 Å². The van der Waals surface area contributed by atoms with Crippen LogP contribution in [0.2, 0.25) is 0 Å². The minimum absolute atomic E-state index is 0.736. The number of hydrogen-bond acceptors (Lipinski definition) is 2. The summed E-state index contributed by atoms with van der Waals surface area (Å²) in [5.74, 6) is 0. The van der Waals surface area contributed by atoms with Crippen LogP contribution >= 0.6 is 0 Å². The van der Waals surface area contributed by atoms with E-state index in [1.165, 1.54) is 0 Å².